The molecular weight excluding hydrogens is 182 g/mol. The van der Waals surface area contributed by atoms with Crippen molar-refractivity contribution in [3.05, 3.63) is 23.7 Å². The van der Waals surface area contributed by atoms with Gasteiger partial charge in [-0.2, -0.15) is 11.8 Å². The number of thioether (sulfide) groups is 1. The Morgan fingerprint density at radius 3 is 3.23 bits per heavy atom. The summed E-state index contributed by atoms with van der Waals surface area (Å²) in [7, 11) is 0. The normalized spacial score (nSPS) is 24.2. The van der Waals surface area contributed by atoms with Crippen LogP contribution < -0.4 is 5.32 Å². The lowest BCUT2D eigenvalue weighted by Crippen LogP contribution is -2.21. The largest absolute Gasteiger partial charge is 0.465 e. The predicted molar refractivity (Wildman–Crippen MR) is 56.1 cm³/mol. The number of hydrogen-bond acceptors (Lipinski definition) is 3. The predicted octanol–water partition coefficient (Wildman–Crippen LogP) is 2.36. The fourth-order valence-electron chi connectivity index (χ4n) is 1.53. The Morgan fingerprint density at radius 1 is 1.54 bits per heavy atom. The second kappa shape index (κ2) is 4.20. The van der Waals surface area contributed by atoms with Crippen LogP contribution in [0.3, 0.4) is 0 Å². The summed E-state index contributed by atoms with van der Waals surface area (Å²) in [5.74, 6) is 4.49. The Morgan fingerprint density at radius 2 is 2.46 bits per heavy atom. The first-order valence-corrected chi connectivity index (χ1v) is 5.89. The van der Waals surface area contributed by atoms with Gasteiger partial charge in [0.05, 0.1) is 6.04 Å². The molecule has 1 saturated heterocycles. The molecule has 2 rings (SSSR count). The van der Waals surface area contributed by atoms with Gasteiger partial charge in [-0.3, -0.25) is 0 Å². The average molecular weight is 197 g/mol. The van der Waals surface area contributed by atoms with Gasteiger partial charge in [-0.15, -0.1) is 0 Å². The topological polar surface area (TPSA) is 25.2 Å². The summed E-state index contributed by atoms with van der Waals surface area (Å²) >= 11 is 2.01. The standard InChI is InChI=1S/C10H15NOS/c1-8-3-4-10(12-8)9-7-13-6-2-5-11-9/h3-4,9,11H,2,5-7H2,1H3. The second-order valence-corrected chi connectivity index (χ2v) is 4.53. The first-order valence-electron chi connectivity index (χ1n) is 4.74. The van der Waals surface area contributed by atoms with Crippen molar-refractivity contribution in [3.63, 3.8) is 0 Å². The van der Waals surface area contributed by atoms with Gasteiger partial charge in [0.2, 0.25) is 0 Å². The van der Waals surface area contributed by atoms with Crippen molar-refractivity contribution < 1.29 is 4.42 Å². The van der Waals surface area contributed by atoms with E-state index in [-0.39, 0.29) is 0 Å². The van der Waals surface area contributed by atoms with Crippen molar-refractivity contribution in [2.24, 2.45) is 0 Å². The van der Waals surface area contributed by atoms with Crippen molar-refractivity contribution in [1.29, 1.82) is 0 Å². The summed E-state index contributed by atoms with van der Waals surface area (Å²) < 4.78 is 5.60. The minimum Gasteiger partial charge on any atom is -0.465 e. The van der Waals surface area contributed by atoms with Crippen LogP contribution in [-0.4, -0.2) is 18.1 Å². The second-order valence-electron chi connectivity index (χ2n) is 3.38. The third-order valence-corrected chi connectivity index (χ3v) is 3.39. The van der Waals surface area contributed by atoms with Crippen LogP contribution in [-0.2, 0) is 0 Å². The molecule has 1 aliphatic heterocycles. The molecule has 1 atom stereocenters. The van der Waals surface area contributed by atoms with E-state index < -0.39 is 0 Å². The van der Waals surface area contributed by atoms with Crippen LogP contribution in [0.15, 0.2) is 16.5 Å². The summed E-state index contributed by atoms with van der Waals surface area (Å²) in [5, 5.41) is 3.50. The van der Waals surface area contributed by atoms with E-state index in [1.165, 1.54) is 12.2 Å². The van der Waals surface area contributed by atoms with Gasteiger partial charge in [-0.25, -0.2) is 0 Å². The van der Waals surface area contributed by atoms with Gasteiger partial charge >= 0.3 is 0 Å². The molecule has 0 aliphatic carbocycles. The molecule has 2 heterocycles. The number of rotatable bonds is 1. The fraction of sp³-hybridized carbons (Fsp3) is 0.600. The Labute approximate surface area is 83.1 Å². The maximum Gasteiger partial charge on any atom is 0.121 e. The monoisotopic (exact) mass is 197 g/mol. The first-order chi connectivity index (χ1) is 6.36. The van der Waals surface area contributed by atoms with Crippen LogP contribution in [0.5, 0.6) is 0 Å². The highest BCUT2D eigenvalue weighted by molar-refractivity contribution is 7.99. The van der Waals surface area contributed by atoms with Gasteiger partial charge < -0.3 is 9.73 Å². The molecule has 1 fully saturated rings. The van der Waals surface area contributed by atoms with Crippen LogP contribution >= 0.6 is 11.8 Å². The smallest absolute Gasteiger partial charge is 0.121 e. The van der Waals surface area contributed by atoms with Gasteiger partial charge in [-0.1, -0.05) is 0 Å². The third kappa shape index (κ3) is 2.29. The highest BCUT2D eigenvalue weighted by Crippen LogP contribution is 2.22. The highest BCUT2D eigenvalue weighted by Gasteiger charge is 2.16. The van der Waals surface area contributed by atoms with Gasteiger partial charge in [0.25, 0.3) is 0 Å². The van der Waals surface area contributed by atoms with Gasteiger partial charge in [0, 0.05) is 5.75 Å². The number of nitrogens with one attached hydrogen (secondary N) is 1. The lowest BCUT2D eigenvalue weighted by Gasteiger charge is -2.11. The van der Waals surface area contributed by atoms with Crippen molar-refractivity contribution >= 4 is 11.8 Å². The summed E-state index contributed by atoms with van der Waals surface area (Å²) in [5.41, 5.74) is 0. The Balaban J connectivity index is 2.06. The zero-order valence-electron chi connectivity index (χ0n) is 7.88. The summed E-state index contributed by atoms with van der Waals surface area (Å²) in [6.07, 6.45) is 1.26. The molecule has 1 N–H and O–H groups in total. The molecule has 1 aromatic rings. The molecule has 72 valence electrons. The number of furan rings is 1. The van der Waals surface area contributed by atoms with Crippen molar-refractivity contribution in [2.45, 2.75) is 19.4 Å². The Hall–Kier alpha value is -0.410. The molecule has 0 aromatic carbocycles. The zero-order valence-corrected chi connectivity index (χ0v) is 8.69. The number of hydrogen-bond donors (Lipinski definition) is 1. The van der Waals surface area contributed by atoms with Crippen LogP contribution in [0.2, 0.25) is 0 Å². The minimum atomic E-state index is 0.418. The van der Waals surface area contributed by atoms with Crippen molar-refractivity contribution in [3.8, 4) is 0 Å². The third-order valence-electron chi connectivity index (χ3n) is 2.25. The Bertz CT molecular complexity index is 264. The summed E-state index contributed by atoms with van der Waals surface area (Å²) in [6, 6.07) is 4.53. The maximum atomic E-state index is 5.60. The summed E-state index contributed by atoms with van der Waals surface area (Å²) in [4.78, 5) is 0. The minimum absolute atomic E-state index is 0.418. The quantitative estimate of drug-likeness (QED) is 0.748. The van der Waals surface area contributed by atoms with E-state index in [2.05, 4.69) is 11.4 Å². The maximum absolute atomic E-state index is 5.60. The van der Waals surface area contributed by atoms with E-state index in [4.69, 9.17) is 4.42 Å². The molecule has 0 saturated carbocycles. The molecule has 1 unspecified atom stereocenters. The van der Waals surface area contributed by atoms with Crippen LogP contribution in [0.25, 0.3) is 0 Å². The molecule has 0 radical (unpaired) electrons. The molecule has 1 aliphatic rings. The van der Waals surface area contributed by atoms with E-state index in [1.54, 1.807) is 0 Å². The summed E-state index contributed by atoms with van der Waals surface area (Å²) in [6.45, 7) is 3.10. The lowest BCUT2D eigenvalue weighted by atomic mass is 10.2. The van der Waals surface area contributed by atoms with E-state index in [9.17, 15) is 0 Å². The van der Waals surface area contributed by atoms with Crippen LogP contribution in [0.4, 0.5) is 0 Å². The fourth-order valence-corrected chi connectivity index (χ4v) is 2.57. The molecular formula is C10H15NOS. The Kier molecular flexibility index (Phi) is 2.96. The van der Waals surface area contributed by atoms with E-state index in [0.29, 0.717) is 6.04 Å². The first kappa shape index (κ1) is 9.16. The highest BCUT2D eigenvalue weighted by atomic mass is 32.2. The molecule has 0 amide bonds. The van der Waals surface area contributed by atoms with Crippen LogP contribution in [0, 0.1) is 6.92 Å². The van der Waals surface area contributed by atoms with E-state index in [0.717, 1.165) is 23.8 Å². The van der Waals surface area contributed by atoms with Crippen LogP contribution in [0.1, 0.15) is 24.0 Å². The molecule has 3 heteroatoms. The SMILES string of the molecule is Cc1ccc(C2CSCCCN2)o1. The van der Waals surface area contributed by atoms with E-state index >= 15 is 0 Å². The van der Waals surface area contributed by atoms with Gasteiger partial charge in [0.1, 0.15) is 11.5 Å². The average Bonchev–Trinajstić information content (AvgIpc) is 2.43. The van der Waals surface area contributed by atoms with E-state index in [1.807, 2.05) is 24.8 Å². The number of aryl methyl sites for hydroxylation is 1. The molecule has 0 bridgehead atoms. The van der Waals surface area contributed by atoms with Gasteiger partial charge in [-0.05, 0) is 37.8 Å². The molecule has 2 nitrogen and oxygen atoms in total. The van der Waals surface area contributed by atoms with Gasteiger partial charge in [0.15, 0.2) is 0 Å². The molecule has 1 aromatic heterocycles. The van der Waals surface area contributed by atoms with Crippen molar-refractivity contribution in [2.75, 3.05) is 18.1 Å². The van der Waals surface area contributed by atoms with Crippen molar-refractivity contribution in [1.82, 2.24) is 5.32 Å². The molecule has 13 heavy (non-hydrogen) atoms. The lowest BCUT2D eigenvalue weighted by molar-refractivity contribution is 0.423. The molecule has 0 spiro atoms. The zero-order chi connectivity index (χ0) is 9.10.